The van der Waals surface area contributed by atoms with Crippen LogP contribution in [0.2, 0.25) is 0 Å². The molecule has 0 heterocycles. The zero-order chi connectivity index (χ0) is 13.9. The van der Waals surface area contributed by atoms with E-state index in [1.807, 2.05) is 0 Å². The number of nitrogens with two attached hydrogens (primary N) is 1. The van der Waals surface area contributed by atoms with Gasteiger partial charge in [0, 0.05) is 12.1 Å². The van der Waals surface area contributed by atoms with Gasteiger partial charge in [-0.3, -0.25) is 0 Å². The van der Waals surface area contributed by atoms with Gasteiger partial charge in [-0.25, -0.2) is 21.9 Å². The molecule has 1 atom stereocenters. The highest BCUT2D eigenvalue weighted by Gasteiger charge is 2.23. The second-order valence-electron chi connectivity index (χ2n) is 3.71. The van der Waals surface area contributed by atoms with Crippen LogP contribution in [-0.2, 0) is 10.0 Å². The minimum absolute atomic E-state index is 0.327. The average Bonchev–Trinajstić information content (AvgIpc) is 2.30. The Labute approximate surface area is 104 Å². The quantitative estimate of drug-likeness (QED) is 0.688. The number of nitrogen functional groups attached to an aromatic ring is 1. The van der Waals surface area contributed by atoms with Crippen LogP contribution in [-0.4, -0.2) is 26.2 Å². The molecule has 18 heavy (non-hydrogen) atoms. The number of rotatable bonds is 5. The lowest BCUT2D eigenvalue weighted by molar-refractivity contribution is 0.253. The average molecular weight is 280 g/mol. The monoisotopic (exact) mass is 280 g/mol. The molecule has 1 rings (SSSR count). The molecule has 0 saturated heterocycles. The predicted molar refractivity (Wildman–Crippen MR) is 62.3 cm³/mol. The number of benzene rings is 1. The summed E-state index contributed by atoms with van der Waals surface area (Å²) in [6.45, 7) is 1.23. The molecule has 0 fully saturated rings. The fourth-order valence-corrected chi connectivity index (χ4v) is 2.69. The van der Waals surface area contributed by atoms with Crippen molar-refractivity contribution in [1.82, 2.24) is 4.72 Å². The summed E-state index contributed by atoms with van der Waals surface area (Å²) in [5.74, 6) is -2.26. The number of nitrogens with one attached hydrogen (secondary N) is 1. The highest BCUT2D eigenvalue weighted by molar-refractivity contribution is 7.89. The topological polar surface area (TPSA) is 92.4 Å². The Bertz CT molecular complexity index is 530. The fourth-order valence-electron chi connectivity index (χ4n) is 1.28. The summed E-state index contributed by atoms with van der Waals surface area (Å²) in [4.78, 5) is -0.742. The van der Waals surface area contributed by atoms with Gasteiger partial charge in [0.2, 0.25) is 10.0 Å². The molecule has 102 valence electrons. The minimum Gasteiger partial charge on any atom is -0.396 e. The van der Waals surface area contributed by atoms with E-state index in [1.165, 1.54) is 0 Å². The summed E-state index contributed by atoms with van der Waals surface area (Å²) in [7, 11) is -4.19. The molecule has 4 N–H and O–H groups in total. The van der Waals surface area contributed by atoms with Crippen molar-refractivity contribution in [2.24, 2.45) is 0 Å². The molecule has 1 unspecified atom stereocenters. The SMILES string of the molecule is CCC(CO)NS(=O)(=O)c1cc(N)c(F)cc1F. The maximum atomic E-state index is 13.4. The molecule has 0 spiro atoms. The highest BCUT2D eigenvalue weighted by atomic mass is 32.2. The smallest absolute Gasteiger partial charge is 0.243 e. The van der Waals surface area contributed by atoms with E-state index in [-0.39, 0.29) is 0 Å². The summed E-state index contributed by atoms with van der Waals surface area (Å²) in [5, 5.41) is 8.90. The van der Waals surface area contributed by atoms with Crippen molar-refractivity contribution in [3.63, 3.8) is 0 Å². The van der Waals surface area contributed by atoms with Crippen LogP contribution >= 0.6 is 0 Å². The van der Waals surface area contributed by atoms with Crippen LogP contribution in [0.1, 0.15) is 13.3 Å². The molecule has 0 aliphatic heterocycles. The van der Waals surface area contributed by atoms with Crippen LogP contribution in [0.15, 0.2) is 17.0 Å². The fraction of sp³-hybridized carbons (Fsp3) is 0.400. The van der Waals surface area contributed by atoms with E-state index >= 15 is 0 Å². The maximum absolute atomic E-state index is 13.4. The first-order valence-corrected chi connectivity index (χ1v) is 6.67. The third kappa shape index (κ3) is 3.15. The molecular formula is C10H14F2N2O3S. The first-order valence-electron chi connectivity index (χ1n) is 5.19. The molecule has 1 aromatic carbocycles. The molecule has 0 bridgehead atoms. The van der Waals surface area contributed by atoms with E-state index in [4.69, 9.17) is 10.8 Å². The third-order valence-electron chi connectivity index (χ3n) is 2.38. The number of aliphatic hydroxyl groups excluding tert-OH is 1. The standard InChI is InChI=1S/C10H14F2N2O3S/c1-2-6(5-15)14-18(16,17)10-4-9(13)7(11)3-8(10)12/h3-4,6,14-15H,2,5,13H2,1H3. The van der Waals surface area contributed by atoms with Crippen LogP contribution in [0.3, 0.4) is 0 Å². The number of sulfonamides is 1. The Morgan fingerprint density at radius 3 is 2.50 bits per heavy atom. The molecule has 8 heteroatoms. The minimum atomic E-state index is -4.19. The van der Waals surface area contributed by atoms with E-state index in [2.05, 4.69) is 4.72 Å². The zero-order valence-corrected chi connectivity index (χ0v) is 10.5. The summed E-state index contributed by atoms with van der Waals surface area (Å²) in [6.07, 6.45) is 0.327. The second-order valence-corrected chi connectivity index (χ2v) is 5.40. The molecule has 0 saturated carbocycles. The first kappa shape index (κ1) is 14.8. The molecule has 0 radical (unpaired) electrons. The van der Waals surface area contributed by atoms with Crippen molar-refractivity contribution in [2.75, 3.05) is 12.3 Å². The molecule has 5 nitrogen and oxygen atoms in total. The molecular weight excluding hydrogens is 266 g/mol. The summed E-state index contributed by atoms with van der Waals surface area (Å²) in [6, 6.07) is 0.377. The summed E-state index contributed by atoms with van der Waals surface area (Å²) < 4.78 is 52.0. The number of halogens is 2. The van der Waals surface area contributed by atoms with Crippen molar-refractivity contribution >= 4 is 15.7 Å². The predicted octanol–water partition coefficient (Wildman–Crippen LogP) is 0.596. The van der Waals surface area contributed by atoms with Gasteiger partial charge in [0.15, 0.2) is 0 Å². The lowest BCUT2D eigenvalue weighted by atomic mass is 10.3. The van der Waals surface area contributed by atoms with Gasteiger partial charge in [-0.2, -0.15) is 0 Å². The van der Waals surface area contributed by atoms with Gasteiger partial charge >= 0.3 is 0 Å². The van der Waals surface area contributed by atoms with Crippen LogP contribution in [0.5, 0.6) is 0 Å². The van der Waals surface area contributed by atoms with Crippen molar-refractivity contribution in [3.8, 4) is 0 Å². The zero-order valence-electron chi connectivity index (χ0n) is 9.65. The van der Waals surface area contributed by atoms with Crippen molar-refractivity contribution in [1.29, 1.82) is 0 Å². The Morgan fingerprint density at radius 1 is 1.39 bits per heavy atom. The van der Waals surface area contributed by atoms with Crippen molar-refractivity contribution in [3.05, 3.63) is 23.8 Å². The van der Waals surface area contributed by atoms with Gasteiger partial charge in [0.05, 0.1) is 12.3 Å². The van der Waals surface area contributed by atoms with Gasteiger partial charge in [0.1, 0.15) is 16.5 Å². The van der Waals surface area contributed by atoms with Crippen LogP contribution in [0.25, 0.3) is 0 Å². The lowest BCUT2D eigenvalue weighted by Crippen LogP contribution is -2.37. The Morgan fingerprint density at radius 2 is 2.00 bits per heavy atom. The molecule has 0 aliphatic carbocycles. The van der Waals surface area contributed by atoms with Crippen LogP contribution in [0.4, 0.5) is 14.5 Å². The van der Waals surface area contributed by atoms with Gasteiger partial charge in [-0.05, 0) is 12.5 Å². The molecule has 0 amide bonds. The Balaban J connectivity index is 3.16. The van der Waals surface area contributed by atoms with E-state index in [1.54, 1.807) is 6.92 Å². The molecule has 1 aromatic rings. The van der Waals surface area contributed by atoms with Gasteiger partial charge in [0.25, 0.3) is 0 Å². The van der Waals surface area contributed by atoms with Gasteiger partial charge in [-0.1, -0.05) is 6.92 Å². The molecule has 0 aliphatic rings. The Kier molecular flexibility index (Phi) is 4.60. The summed E-state index contributed by atoms with van der Waals surface area (Å²) in [5.41, 5.74) is 4.73. The van der Waals surface area contributed by atoms with Gasteiger partial charge in [-0.15, -0.1) is 0 Å². The first-order chi connectivity index (χ1) is 8.31. The number of aliphatic hydroxyl groups is 1. The van der Waals surface area contributed by atoms with Crippen LogP contribution in [0, 0.1) is 11.6 Å². The van der Waals surface area contributed by atoms with E-state index in [9.17, 15) is 17.2 Å². The maximum Gasteiger partial charge on any atom is 0.243 e. The van der Waals surface area contributed by atoms with E-state index in [0.29, 0.717) is 18.6 Å². The van der Waals surface area contributed by atoms with Crippen LogP contribution < -0.4 is 10.5 Å². The third-order valence-corrected chi connectivity index (χ3v) is 3.91. The van der Waals surface area contributed by atoms with Gasteiger partial charge < -0.3 is 10.8 Å². The number of hydrogen-bond acceptors (Lipinski definition) is 4. The lowest BCUT2D eigenvalue weighted by Gasteiger charge is -2.15. The molecule has 0 aromatic heterocycles. The normalized spacial score (nSPS) is 13.6. The van der Waals surface area contributed by atoms with Crippen molar-refractivity contribution < 1.29 is 22.3 Å². The second kappa shape index (κ2) is 5.59. The highest BCUT2D eigenvalue weighted by Crippen LogP contribution is 2.21. The number of hydrogen-bond donors (Lipinski definition) is 3. The summed E-state index contributed by atoms with van der Waals surface area (Å²) >= 11 is 0. The van der Waals surface area contributed by atoms with E-state index < -0.39 is 44.9 Å². The van der Waals surface area contributed by atoms with E-state index in [0.717, 1.165) is 0 Å². The van der Waals surface area contributed by atoms with Crippen molar-refractivity contribution in [2.45, 2.75) is 24.3 Å². The number of anilines is 1. The Hall–Kier alpha value is -1.25. The largest absolute Gasteiger partial charge is 0.396 e.